The monoisotopic (exact) mass is 251 g/mol. The molecule has 0 aliphatic heterocycles. The molecule has 5 heteroatoms. The second-order valence-electron chi connectivity index (χ2n) is 6.01. The molecular formula is C13H21N3O2. The summed E-state index contributed by atoms with van der Waals surface area (Å²) in [7, 11) is 1.78. The molecule has 1 aromatic heterocycles. The Labute approximate surface area is 108 Å². The summed E-state index contributed by atoms with van der Waals surface area (Å²) < 4.78 is 5.40. The minimum Gasteiger partial charge on any atom is -0.444 e. The van der Waals surface area contributed by atoms with Crippen molar-refractivity contribution >= 4 is 6.09 Å². The molecule has 1 amide bonds. The Morgan fingerprint density at radius 2 is 2.11 bits per heavy atom. The number of ether oxygens (including phenoxy) is 1. The zero-order valence-corrected chi connectivity index (χ0v) is 11.7. The first-order valence-corrected chi connectivity index (χ1v) is 6.24. The van der Waals surface area contributed by atoms with Crippen LogP contribution in [0.15, 0.2) is 6.07 Å². The fourth-order valence-corrected chi connectivity index (χ4v) is 2.04. The quantitative estimate of drug-likeness (QED) is 0.878. The fourth-order valence-electron chi connectivity index (χ4n) is 2.04. The molecule has 100 valence electrons. The number of hydrogen-bond donors (Lipinski definition) is 1. The molecule has 0 atom stereocenters. The van der Waals surface area contributed by atoms with Gasteiger partial charge in [-0.15, -0.1) is 0 Å². The van der Waals surface area contributed by atoms with Crippen molar-refractivity contribution in [3.05, 3.63) is 17.5 Å². The van der Waals surface area contributed by atoms with Gasteiger partial charge < -0.3 is 4.74 Å². The predicted molar refractivity (Wildman–Crippen MR) is 68.2 cm³/mol. The highest BCUT2D eigenvalue weighted by Crippen LogP contribution is 2.50. The smallest absolute Gasteiger partial charge is 0.410 e. The number of rotatable bonds is 2. The van der Waals surface area contributed by atoms with Gasteiger partial charge >= 0.3 is 6.09 Å². The Hall–Kier alpha value is -1.52. The Balaban J connectivity index is 2.14. The summed E-state index contributed by atoms with van der Waals surface area (Å²) in [5.41, 5.74) is 1.19. The third kappa shape index (κ3) is 2.35. The van der Waals surface area contributed by atoms with Crippen LogP contribution < -0.4 is 0 Å². The molecule has 18 heavy (non-hydrogen) atoms. The largest absolute Gasteiger partial charge is 0.444 e. The van der Waals surface area contributed by atoms with Crippen LogP contribution in [0.1, 0.15) is 45.0 Å². The standard InChI is InChI=1S/C13H21N3O2/c1-9-8-10(15-14-9)13(6-7-13)16(5)11(17)18-12(2,3)4/h8H,6-7H2,1-5H3,(H,14,15). The van der Waals surface area contributed by atoms with Crippen LogP contribution in [0.25, 0.3) is 0 Å². The number of aromatic amines is 1. The summed E-state index contributed by atoms with van der Waals surface area (Å²) in [4.78, 5) is 13.8. The van der Waals surface area contributed by atoms with Gasteiger partial charge in [0.25, 0.3) is 0 Å². The van der Waals surface area contributed by atoms with Gasteiger partial charge in [0.2, 0.25) is 0 Å². The van der Waals surface area contributed by atoms with Gasteiger partial charge in [-0.2, -0.15) is 5.10 Å². The lowest BCUT2D eigenvalue weighted by Crippen LogP contribution is -2.41. The van der Waals surface area contributed by atoms with Crippen molar-refractivity contribution in [3.8, 4) is 0 Å². The van der Waals surface area contributed by atoms with E-state index < -0.39 is 5.60 Å². The van der Waals surface area contributed by atoms with Crippen LogP contribution in [0.4, 0.5) is 4.79 Å². The molecule has 0 aromatic carbocycles. The van der Waals surface area contributed by atoms with E-state index in [1.165, 1.54) is 0 Å². The van der Waals surface area contributed by atoms with Crippen LogP contribution in [0.2, 0.25) is 0 Å². The Kier molecular flexibility index (Phi) is 2.87. The summed E-state index contributed by atoms with van der Waals surface area (Å²) in [6.07, 6.45) is 1.58. The van der Waals surface area contributed by atoms with Gasteiger partial charge in [0.05, 0.1) is 11.2 Å². The van der Waals surface area contributed by atoms with Crippen LogP contribution in [0, 0.1) is 6.92 Å². The van der Waals surface area contributed by atoms with Crippen molar-refractivity contribution in [3.63, 3.8) is 0 Å². The molecule has 2 rings (SSSR count). The van der Waals surface area contributed by atoms with Crippen molar-refractivity contribution in [2.45, 2.75) is 51.7 Å². The van der Waals surface area contributed by atoms with E-state index in [2.05, 4.69) is 10.2 Å². The number of aryl methyl sites for hydroxylation is 1. The molecule has 1 fully saturated rings. The van der Waals surface area contributed by atoms with Crippen LogP contribution in [0.3, 0.4) is 0 Å². The minimum atomic E-state index is -0.469. The molecule has 0 saturated heterocycles. The van der Waals surface area contributed by atoms with E-state index in [0.29, 0.717) is 0 Å². The molecular weight excluding hydrogens is 230 g/mol. The molecule has 1 aliphatic rings. The van der Waals surface area contributed by atoms with Crippen molar-refractivity contribution in [2.24, 2.45) is 0 Å². The number of nitrogens with zero attached hydrogens (tertiary/aromatic N) is 2. The Morgan fingerprint density at radius 3 is 2.50 bits per heavy atom. The van der Waals surface area contributed by atoms with Gasteiger partial charge in [-0.05, 0) is 46.6 Å². The molecule has 5 nitrogen and oxygen atoms in total. The molecule has 1 aliphatic carbocycles. The summed E-state index contributed by atoms with van der Waals surface area (Å²) in [6.45, 7) is 7.57. The maximum Gasteiger partial charge on any atom is 0.410 e. The number of amides is 1. The number of aromatic nitrogens is 2. The molecule has 0 spiro atoms. The van der Waals surface area contributed by atoms with Crippen molar-refractivity contribution in [2.75, 3.05) is 7.05 Å². The molecule has 1 aromatic rings. The van der Waals surface area contributed by atoms with E-state index >= 15 is 0 Å². The zero-order chi connectivity index (χ0) is 13.6. The predicted octanol–water partition coefficient (Wildman–Crippen LogP) is 2.57. The van der Waals surface area contributed by atoms with Gasteiger partial charge in [0.1, 0.15) is 5.60 Å². The van der Waals surface area contributed by atoms with Crippen LogP contribution >= 0.6 is 0 Å². The maximum atomic E-state index is 12.1. The molecule has 1 N–H and O–H groups in total. The number of hydrogen-bond acceptors (Lipinski definition) is 3. The van der Waals surface area contributed by atoms with Gasteiger partial charge in [-0.25, -0.2) is 4.79 Å². The van der Waals surface area contributed by atoms with Crippen molar-refractivity contribution < 1.29 is 9.53 Å². The molecule has 1 saturated carbocycles. The average Bonchev–Trinajstić information content (AvgIpc) is 2.93. The highest BCUT2D eigenvalue weighted by molar-refractivity contribution is 5.70. The van der Waals surface area contributed by atoms with E-state index in [1.807, 2.05) is 33.8 Å². The van der Waals surface area contributed by atoms with Gasteiger partial charge in [-0.1, -0.05) is 0 Å². The van der Waals surface area contributed by atoms with E-state index in [9.17, 15) is 4.79 Å². The normalized spacial score (nSPS) is 17.4. The topological polar surface area (TPSA) is 58.2 Å². The fraction of sp³-hybridized carbons (Fsp3) is 0.692. The summed E-state index contributed by atoms with van der Waals surface area (Å²) in [5.74, 6) is 0. The maximum absolute atomic E-state index is 12.1. The average molecular weight is 251 g/mol. The molecule has 0 radical (unpaired) electrons. The van der Waals surface area contributed by atoms with Crippen molar-refractivity contribution in [1.29, 1.82) is 0 Å². The molecule has 0 unspecified atom stereocenters. The van der Waals surface area contributed by atoms with E-state index in [4.69, 9.17) is 4.74 Å². The van der Waals surface area contributed by atoms with E-state index in [0.717, 1.165) is 24.2 Å². The number of nitrogens with one attached hydrogen (secondary N) is 1. The first-order chi connectivity index (χ1) is 8.24. The van der Waals surface area contributed by atoms with E-state index in [1.54, 1.807) is 11.9 Å². The summed E-state index contributed by atoms with van der Waals surface area (Å²) in [6, 6.07) is 1.99. The lowest BCUT2D eigenvalue weighted by molar-refractivity contribution is 0.0185. The highest BCUT2D eigenvalue weighted by Gasteiger charge is 2.52. The van der Waals surface area contributed by atoms with Crippen molar-refractivity contribution in [1.82, 2.24) is 15.1 Å². The second kappa shape index (κ2) is 4.00. The molecule has 0 bridgehead atoms. The number of H-pyrrole nitrogens is 1. The van der Waals surface area contributed by atoms with Crippen LogP contribution in [0.5, 0.6) is 0 Å². The first-order valence-electron chi connectivity index (χ1n) is 6.24. The third-order valence-corrected chi connectivity index (χ3v) is 3.22. The third-order valence-electron chi connectivity index (χ3n) is 3.22. The van der Waals surface area contributed by atoms with Gasteiger partial charge in [0.15, 0.2) is 0 Å². The summed E-state index contributed by atoms with van der Waals surface area (Å²) in [5, 5.41) is 7.20. The SMILES string of the molecule is Cc1cc(C2(N(C)C(=O)OC(C)(C)C)CC2)n[nH]1. The highest BCUT2D eigenvalue weighted by atomic mass is 16.6. The summed E-state index contributed by atoms with van der Waals surface area (Å²) >= 11 is 0. The van der Waals surface area contributed by atoms with Crippen LogP contribution in [-0.4, -0.2) is 33.8 Å². The lowest BCUT2D eigenvalue weighted by Gasteiger charge is -2.29. The Morgan fingerprint density at radius 1 is 1.50 bits per heavy atom. The lowest BCUT2D eigenvalue weighted by atomic mass is 10.1. The zero-order valence-electron chi connectivity index (χ0n) is 11.7. The second-order valence-corrected chi connectivity index (χ2v) is 6.01. The number of carbonyl (C=O) groups excluding carboxylic acids is 1. The van der Waals surface area contributed by atoms with Gasteiger partial charge in [0, 0.05) is 12.7 Å². The van der Waals surface area contributed by atoms with Gasteiger partial charge in [-0.3, -0.25) is 10.00 Å². The minimum absolute atomic E-state index is 0.271. The Bertz CT molecular complexity index is 455. The first kappa shape index (κ1) is 12.9. The molecule has 1 heterocycles. The van der Waals surface area contributed by atoms with Crippen LogP contribution in [-0.2, 0) is 10.3 Å². The van der Waals surface area contributed by atoms with E-state index in [-0.39, 0.29) is 11.6 Å². The number of carbonyl (C=O) groups is 1.